The molecule has 12 nitrogen and oxygen atoms in total. The second-order valence-corrected chi connectivity index (χ2v) is 5.69. The van der Waals surface area contributed by atoms with Crippen molar-refractivity contribution in [1.82, 2.24) is 19.5 Å². The van der Waals surface area contributed by atoms with Gasteiger partial charge in [-0.25, -0.2) is 14.5 Å². The number of nitrogens with one attached hydrogen (secondary N) is 1. The maximum Gasteiger partial charge on any atom is 0.469 e. The predicted octanol–water partition coefficient (Wildman–Crippen LogP) is -2.15. The SMILES string of the molecule is [2H][C@]1(O)[C@]([2H])(n2cnc3c(=O)[nH]cnc32)O[C@H](COP(=O)(O)O)[C@@]1([2H])O. The molecule has 2 aromatic heterocycles. The van der Waals surface area contributed by atoms with Crippen molar-refractivity contribution in [2.45, 2.75) is 24.5 Å². The first-order valence-electron chi connectivity index (χ1n) is 7.55. The summed E-state index contributed by atoms with van der Waals surface area (Å²) in [5.41, 5.74) is -1.24. The number of phosphoric ester groups is 1. The van der Waals surface area contributed by atoms with Crippen molar-refractivity contribution in [3.8, 4) is 0 Å². The van der Waals surface area contributed by atoms with Crippen LogP contribution in [0.15, 0.2) is 17.4 Å². The lowest BCUT2D eigenvalue weighted by Crippen LogP contribution is -2.33. The number of aromatic nitrogens is 4. The number of hydrogen-bond acceptors (Lipinski definition) is 8. The molecule has 1 aliphatic heterocycles. The van der Waals surface area contributed by atoms with Gasteiger partial charge in [-0.05, 0) is 0 Å². The van der Waals surface area contributed by atoms with Gasteiger partial charge >= 0.3 is 7.82 Å². The fraction of sp³-hybridized carbons (Fsp3) is 0.500. The van der Waals surface area contributed by atoms with Gasteiger partial charge < -0.3 is 29.7 Å². The van der Waals surface area contributed by atoms with E-state index in [-0.39, 0.29) is 11.2 Å². The molecule has 4 atom stereocenters. The van der Waals surface area contributed by atoms with Crippen molar-refractivity contribution in [2.24, 2.45) is 0 Å². The third-order valence-electron chi connectivity index (χ3n) is 2.96. The number of H-pyrrole nitrogens is 1. The van der Waals surface area contributed by atoms with Gasteiger partial charge in [0.2, 0.25) is 0 Å². The van der Waals surface area contributed by atoms with Crippen LogP contribution in [0.2, 0.25) is 0 Å². The normalized spacial score (nSPS) is 40.0. The highest BCUT2D eigenvalue weighted by Gasteiger charge is 2.45. The molecule has 3 rings (SSSR count). The molecular formula is C10H13N4O8P. The van der Waals surface area contributed by atoms with Crippen molar-refractivity contribution in [3.63, 3.8) is 0 Å². The van der Waals surface area contributed by atoms with Crippen LogP contribution in [0.25, 0.3) is 11.2 Å². The maximum absolute atomic E-state index is 11.7. The molecule has 0 saturated carbocycles. The highest BCUT2D eigenvalue weighted by molar-refractivity contribution is 7.46. The van der Waals surface area contributed by atoms with E-state index in [1.165, 1.54) is 0 Å². The van der Waals surface area contributed by atoms with Gasteiger partial charge in [0.15, 0.2) is 17.4 Å². The second-order valence-electron chi connectivity index (χ2n) is 4.45. The smallest absolute Gasteiger partial charge is 0.387 e. The number of aromatic amines is 1. The first-order valence-corrected chi connectivity index (χ1v) is 7.58. The van der Waals surface area contributed by atoms with Crippen LogP contribution < -0.4 is 5.56 Å². The fourth-order valence-corrected chi connectivity index (χ4v) is 2.28. The lowest BCUT2D eigenvalue weighted by atomic mass is 10.1. The van der Waals surface area contributed by atoms with Crippen molar-refractivity contribution < 1.29 is 37.9 Å². The summed E-state index contributed by atoms with van der Waals surface area (Å²) in [6.07, 6.45) is -9.77. The largest absolute Gasteiger partial charge is 0.469 e. The van der Waals surface area contributed by atoms with E-state index >= 15 is 0 Å². The summed E-state index contributed by atoms with van der Waals surface area (Å²) < 4.78 is 44.6. The van der Waals surface area contributed by atoms with Crippen LogP contribution in [-0.4, -0.2) is 64.4 Å². The van der Waals surface area contributed by atoms with Gasteiger partial charge in [0.05, 0.1) is 23.4 Å². The van der Waals surface area contributed by atoms with Gasteiger partial charge in [-0.1, -0.05) is 0 Å². The first kappa shape index (κ1) is 12.7. The molecule has 0 radical (unpaired) electrons. The van der Waals surface area contributed by atoms with Crippen LogP contribution in [0.3, 0.4) is 0 Å². The third-order valence-corrected chi connectivity index (χ3v) is 3.44. The summed E-state index contributed by atoms with van der Waals surface area (Å²) in [6.45, 7) is -1.10. The molecule has 1 aliphatic rings. The van der Waals surface area contributed by atoms with Gasteiger partial charge in [-0.2, -0.15) is 0 Å². The van der Waals surface area contributed by atoms with E-state index in [1.807, 2.05) is 0 Å². The zero-order chi connectivity index (χ0) is 19.5. The standard InChI is InChI=1S/C10H13N4O8P/c15-6-4(1-21-23(18,19)20)22-10(7(6)16)14-3-13-5-8(14)11-2-12-9(5)17/h2-4,6-7,10,15-16H,1H2,(H,11,12,17)(H2,18,19,20)/t4-,6-,7-,10-/m1/s1/i6D,7D,10D. The molecule has 0 amide bonds. The zero-order valence-electron chi connectivity index (χ0n) is 14.1. The molecule has 13 heteroatoms. The molecule has 1 saturated heterocycles. The lowest BCUT2D eigenvalue weighted by Gasteiger charge is -2.16. The van der Waals surface area contributed by atoms with Crippen molar-refractivity contribution in [3.05, 3.63) is 23.0 Å². The first-order chi connectivity index (χ1) is 11.8. The third kappa shape index (κ3) is 3.05. The van der Waals surface area contributed by atoms with Gasteiger partial charge in [0.1, 0.15) is 18.3 Å². The van der Waals surface area contributed by atoms with Gasteiger partial charge in [-0.3, -0.25) is 13.9 Å². The van der Waals surface area contributed by atoms with Crippen molar-refractivity contribution in [1.29, 1.82) is 0 Å². The highest BCUT2D eigenvalue weighted by atomic mass is 31.2. The molecule has 0 unspecified atom stereocenters. The number of hydrogen-bond donors (Lipinski definition) is 5. The molecule has 2 aromatic rings. The minimum atomic E-state index is -5.02. The van der Waals surface area contributed by atoms with E-state index in [2.05, 4.69) is 19.5 Å². The van der Waals surface area contributed by atoms with Crippen molar-refractivity contribution in [2.75, 3.05) is 6.61 Å². The van der Waals surface area contributed by atoms with Crippen LogP contribution >= 0.6 is 7.82 Å². The Hall–Kier alpha value is -1.66. The van der Waals surface area contributed by atoms with Crippen LogP contribution in [0.4, 0.5) is 0 Å². The van der Waals surface area contributed by atoms with Gasteiger partial charge in [0.25, 0.3) is 5.56 Å². The molecule has 126 valence electrons. The summed E-state index contributed by atoms with van der Waals surface area (Å²) in [7, 11) is -5.02. The van der Waals surface area contributed by atoms with E-state index in [0.29, 0.717) is 4.57 Å². The summed E-state index contributed by atoms with van der Waals surface area (Å²) in [5.74, 6) is 0. The minimum Gasteiger partial charge on any atom is -0.387 e. The maximum atomic E-state index is 11.7. The van der Waals surface area contributed by atoms with Gasteiger partial charge in [0, 0.05) is 0 Å². The molecule has 0 aliphatic carbocycles. The van der Waals surface area contributed by atoms with E-state index < -0.39 is 44.5 Å². The van der Waals surface area contributed by atoms with E-state index in [0.717, 1.165) is 12.7 Å². The van der Waals surface area contributed by atoms with Crippen LogP contribution in [0.5, 0.6) is 0 Å². The highest BCUT2D eigenvalue weighted by Crippen LogP contribution is 2.38. The summed E-state index contributed by atoms with van der Waals surface area (Å²) in [5, 5.41) is 20.5. The van der Waals surface area contributed by atoms with Crippen LogP contribution in [0.1, 0.15) is 10.3 Å². The Kier molecular flexibility index (Phi) is 3.19. The Morgan fingerprint density at radius 1 is 1.43 bits per heavy atom. The van der Waals surface area contributed by atoms with Gasteiger partial charge in [-0.15, -0.1) is 0 Å². The number of ether oxygens (including phenoxy) is 1. The molecule has 23 heavy (non-hydrogen) atoms. The number of nitrogens with zero attached hydrogens (tertiary/aromatic N) is 3. The second kappa shape index (κ2) is 5.76. The average molecular weight is 351 g/mol. The number of rotatable bonds is 4. The minimum absolute atomic E-state index is 0.262. The molecule has 0 aromatic carbocycles. The van der Waals surface area contributed by atoms with E-state index in [1.54, 1.807) is 0 Å². The topological polar surface area (TPSA) is 180 Å². The van der Waals surface area contributed by atoms with Crippen LogP contribution in [-0.2, 0) is 13.8 Å². The number of imidazole rings is 1. The lowest BCUT2D eigenvalue weighted by molar-refractivity contribution is -0.0504. The number of phosphoric acid groups is 1. The van der Waals surface area contributed by atoms with E-state index in [4.69, 9.17) is 18.6 Å². The Balaban J connectivity index is 2.09. The predicted molar refractivity (Wildman–Crippen MR) is 72.1 cm³/mol. The quantitative estimate of drug-likeness (QED) is 0.381. The Morgan fingerprint density at radius 2 is 2.17 bits per heavy atom. The number of aliphatic hydroxyl groups is 2. The molecule has 1 fully saturated rings. The summed E-state index contributed by atoms with van der Waals surface area (Å²) in [6, 6.07) is 0. The zero-order valence-corrected chi connectivity index (χ0v) is 12.0. The monoisotopic (exact) mass is 351 g/mol. The molecule has 0 spiro atoms. The summed E-state index contributed by atoms with van der Waals surface area (Å²) >= 11 is 0. The molecular weight excluding hydrogens is 335 g/mol. The van der Waals surface area contributed by atoms with Crippen molar-refractivity contribution >= 4 is 19.0 Å². The Morgan fingerprint density at radius 3 is 2.87 bits per heavy atom. The average Bonchev–Trinajstić information content (AvgIpc) is 3.00. The fourth-order valence-electron chi connectivity index (χ4n) is 1.95. The Bertz CT molecular complexity index is 957. The molecule has 5 N–H and O–H groups in total. The summed E-state index contributed by atoms with van der Waals surface area (Å²) in [4.78, 5) is 38.9. The molecule has 3 heterocycles. The Labute approximate surface area is 131 Å². The molecule has 0 bridgehead atoms. The number of fused-ring (bicyclic) bond motifs is 1. The van der Waals surface area contributed by atoms with E-state index in [9.17, 15) is 19.6 Å². The van der Waals surface area contributed by atoms with Crippen LogP contribution in [0, 0.1) is 0 Å².